The predicted octanol–water partition coefficient (Wildman–Crippen LogP) is 4.53. The number of para-hydroxylation sites is 1. The molecule has 0 bridgehead atoms. The van der Waals surface area contributed by atoms with Crippen LogP contribution in [0.1, 0.15) is 5.56 Å². The molecule has 94 valence electrons. The van der Waals surface area contributed by atoms with Gasteiger partial charge in [0.2, 0.25) is 0 Å². The molecule has 0 radical (unpaired) electrons. The molecule has 0 N–H and O–H groups in total. The molecule has 2 aromatic carbocycles. The smallest absolute Gasteiger partial charge is 0.344 e. The number of fused-ring (bicyclic) bond motifs is 1. The number of rotatable bonds is 1. The van der Waals surface area contributed by atoms with Crippen molar-refractivity contribution in [1.82, 2.24) is 0 Å². The second kappa shape index (κ2) is 4.67. The van der Waals surface area contributed by atoms with Gasteiger partial charge in [-0.25, -0.2) is 4.79 Å². The highest BCUT2D eigenvalue weighted by atomic mass is 79.9. The Morgan fingerprint density at radius 3 is 2.63 bits per heavy atom. The van der Waals surface area contributed by atoms with Crippen LogP contribution in [0, 0.1) is 6.92 Å². The Morgan fingerprint density at radius 2 is 1.84 bits per heavy atom. The van der Waals surface area contributed by atoms with Crippen molar-refractivity contribution in [3.05, 3.63) is 69.0 Å². The predicted molar refractivity (Wildman–Crippen MR) is 80.4 cm³/mol. The number of hydrogen-bond acceptors (Lipinski definition) is 2. The zero-order valence-electron chi connectivity index (χ0n) is 10.3. The Balaban J connectivity index is 2.39. The van der Waals surface area contributed by atoms with E-state index in [0.717, 1.165) is 21.0 Å². The van der Waals surface area contributed by atoms with Crippen LogP contribution in [0.2, 0.25) is 0 Å². The van der Waals surface area contributed by atoms with E-state index in [4.69, 9.17) is 4.42 Å². The van der Waals surface area contributed by atoms with Crippen molar-refractivity contribution in [3.63, 3.8) is 0 Å². The molecule has 0 aliphatic heterocycles. The highest BCUT2D eigenvalue weighted by Crippen LogP contribution is 2.27. The molecular formula is C16H11BrO2. The summed E-state index contributed by atoms with van der Waals surface area (Å²) in [5, 5.41) is 0.970. The van der Waals surface area contributed by atoms with Crippen LogP contribution in [0.5, 0.6) is 0 Å². The van der Waals surface area contributed by atoms with Gasteiger partial charge in [0, 0.05) is 9.86 Å². The van der Waals surface area contributed by atoms with Crippen molar-refractivity contribution in [3.8, 4) is 11.1 Å². The van der Waals surface area contributed by atoms with E-state index in [1.807, 2.05) is 55.5 Å². The Bertz CT molecular complexity index is 818. The molecule has 1 aromatic heterocycles. The van der Waals surface area contributed by atoms with Gasteiger partial charge in [0.15, 0.2) is 0 Å². The second-order valence-electron chi connectivity index (χ2n) is 4.40. The molecular weight excluding hydrogens is 304 g/mol. The van der Waals surface area contributed by atoms with Crippen molar-refractivity contribution >= 4 is 26.9 Å². The van der Waals surface area contributed by atoms with E-state index >= 15 is 0 Å². The van der Waals surface area contributed by atoms with Crippen LogP contribution in [-0.2, 0) is 0 Å². The lowest BCUT2D eigenvalue weighted by atomic mass is 10.00. The molecule has 0 saturated carbocycles. The first-order chi connectivity index (χ1) is 9.16. The third-order valence-electron chi connectivity index (χ3n) is 3.19. The van der Waals surface area contributed by atoms with Gasteiger partial charge in [0.05, 0.1) is 5.56 Å². The lowest BCUT2D eigenvalue weighted by Crippen LogP contribution is -2.05. The maximum Gasteiger partial charge on any atom is 0.344 e. The molecule has 0 aliphatic rings. The van der Waals surface area contributed by atoms with Gasteiger partial charge in [-0.2, -0.15) is 0 Å². The van der Waals surface area contributed by atoms with Gasteiger partial charge in [0.25, 0.3) is 0 Å². The first-order valence-electron chi connectivity index (χ1n) is 5.95. The molecule has 0 saturated heterocycles. The molecule has 0 amide bonds. The van der Waals surface area contributed by atoms with Crippen LogP contribution in [0.15, 0.2) is 62.2 Å². The topological polar surface area (TPSA) is 30.2 Å². The monoisotopic (exact) mass is 314 g/mol. The van der Waals surface area contributed by atoms with Crippen LogP contribution < -0.4 is 5.63 Å². The zero-order valence-corrected chi connectivity index (χ0v) is 11.9. The fraction of sp³-hybridized carbons (Fsp3) is 0.0625. The largest absolute Gasteiger partial charge is 0.422 e. The summed E-state index contributed by atoms with van der Waals surface area (Å²) in [7, 11) is 0. The minimum absolute atomic E-state index is 0.297. The minimum Gasteiger partial charge on any atom is -0.422 e. The number of benzene rings is 2. The van der Waals surface area contributed by atoms with Crippen LogP contribution in [0.4, 0.5) is 0 Å². The summed E-state index contributed by atoms with van der Waals surface area (Å²) in [4.78, 5) is 12.2. The SMILES string of the molecule is Cc1c(-c2cccc(Br)c2)c(=O)oc2ccccc12. The molecule has 19 heavy (non-hydrogen) atoms. The first kappa shape index (κ1) is 12.2. The van der Waals surface area contributed by atoms with Crippen LogP contribution >= 0.6 is 15.9 Å². The van der Waals surface area contributed by atoms with Crippen molar-refractivity contribution in [2.24, 2.45) is 0 Å². The number of halogens is 1. The van der Waals surface area contributed by atoms with Gasteiger partial charge in [-0.3, -0.25) is 0 Å². The third kappa shape index (κ3) is 2.10. The van der Waals surface area contributed by atoms with E-state index in [1.54, 1.807) is 0 Å². The van der Waals surface area contributed by atoms with E-state index in [-0.39, 0.29) is 5.63 Å². The van der Waals surface area contributed by atoms with E-state index in [1.165, 1.54) is 0 Å². The lowest BCUT2D eigenvalue weighted by molar-refractivity contribution is 0.562. The summed E-state index contributed by atoms with van der Waals surface area (Å²) < 4.78 is 6.34. The molecule has 1 heterocycles. The Morgan fingerprint density at radius 1 is 1.05 bits per heavy atom. The Hall–Kier alpha value is -1.87. The number of hydrogen-bond donors (Lipinski definition) is 0. The van der Waals surface area contributed by atoms with Crippen molar-refractivity contribution in [2.75, 3.05) is 0 Å². The molecule has 0 spiro atoms. The maximum atomic E-state index is 12.2. The Labute approximate surface area is 118 Å². The molecule has 0 fully saturated rings. The quantitative estimate of drug-likeness (QED) is 0.618. The average molecular weight is 315 g/mol. The molecule has 3 rings (SSSR count). The molecule has 0 unspecified atom stereocenters. The molecule has 3 aromatic rings. The molecule has 0 atom stereocenters. The lowest BCUT2D eigenvalue weighted by Gasteiger charge is -2.07. The van der Waals surface area contributed by atoms with Gasteiger partial charge < -0.3 is 4.42 Å². The summed E-state index contributed by atoms with van der Waals surface area (Å²) >= 11 is 3.43. The fourth-order valence-corrected chi connectivity index (χ4v) is 2.68. The second-order valence-corrected chi connectivity index (χ2v) is 5.31. The van der Waals surface area contributed by atoms with E-state index in [0.29, 0.717) is 11.1 Å². The number of aryl methyl sites for hydroxylation is 1. The van der Waals surface area contributed by atoms with E-state index in [9.17, 15) is 4.79 Å². The van der Waals surface area contributed by atoms with E-state index in [2.05, 4.69) is 15.9 Å². The summed E-state index contributed by atoms with van der Waals surface area (Å²) in [6.07, 6.45) is 0. The van der Waals surface area contributed by atoms with Gasteiger partial charge in [-0.05, 0) is 36.2 Å². The summed E-state index contributed by atoms with van der Waals surface area (Å²) in [5.41, 5.74) is 2.77. The highest BCUT2D eigenvalue weighted by molar-refractivity contribution is 9.10. The highest BCUT2D eigenvalue weighted by Gasteiger charge is 2.12. The van der Waals surface area contributed by atoms with Crippen LogP contribution in [-0.4, -0.2) is 0 Å². The Kier molecular flexibility index (Phi) is 2.99. The molecule has 0 aliphatic carbocycles. The maximum absolute atomic E-state index is 12.2. The fourth-order valence-electron chi connectivity index (χ4n) is 2.28. The van der Waals surface area contributed by atoms with Crippen molar-refractivity contribution in [1.29, 1.82) is 0 Å². The zero-order chi connectivity index (χ0) is 13.4. The van der Waals surface area contributed by atoms with Gasteiger partial charge in [-0.15, -0.1) is 0 Å². The molecule has 3 heteroatoms. The van der Waals surface area contributed by atoms with Crippen LogP contribution in [0.25, 0.3) is 22.1 Å². The average Bonchev–Trinajstić information content (AvgIpc) is 2.39. The van der Waals surface area contributed by atoms with E-state index < -0.39 is 0 Å². The first-order valence-corrected chi connectivity index (χ1v) is 6.74. The normalized spacial score (nSPS) is 10.8. The minimum atomic E-state index is -0.297. The molecule has 2 nitrogen and oxygen atoms in total. The summed E-state index contributed by atoms with van der Waals surface area (Å²) in [5.74, 6) is 0. The van der Waals surface area contributed by atoms with Gasteiger partial charge in [-0.1, -0.05) is 46.3 Å². The summed E-state index contributed by atoms with van der Waals surface area (Å²) in [6, 6.07) is 15.3. The van der Waals surface area contributed by atoms with Gasteiger partial charge >= 0.3 is 5.63 Å². The summed E-state index contributed by atoms with van der Waals surface area (Å²) in [6.45, 7) is 1.95. The van der Waals surface area contributed by atoms with Crippen LogP contribution in [0.3, 0.4) is 0 Å². The van der Waals surface area contributed by atoms with Gasteiger partial charge in [0.1, 0.15) is 5.58 Å². The van der Waals surface area contributed by atoms with Crippen molar-refractivity contribution < 1.29 is 4.42 Å². The standard InChI is InChI=1S/C16H11BrO2/c1-10-13-7-2-3-8-14(13)19-16(18)15(10)11-5-4-6-12(17)9-11/h2-9H,1H3. The third-order valence-corrected chi connectivity index (χ3v) is 3.68. The van der Waals surface area contributed by atoms with Crippen molar-refractivity contribution in [2.45, 2.75) is 6.92 Å².